The van der Waals surface area contributed by atoms with Crippen molar-refractivity contribution in [3.63, 3.8) is 0 Å². The van der Waals surface area contributed by atoms with Gasteiger partial charge in [0.25, 0.3) is 0 Å². The molecule has 102 valence electrons. The minimum absolute atomic E-state index is 0.557. The van der Waals surface area contributed by atoms with E-state index in [-0.39, 0.29) is 0 Å². The summed E-state index contributed by atoms with van der Waals surface area (Å²) in [5.41, 5.74) is 0. The smallest absolute Gasteiger partial charge is 0.0949 e. The summed E-state index contributed by atoms with van der Waals surface area (Å²) in [6, 6.07) is 1.11. The van der Waals surface area contributed by atoms with Crippen molar-refractivity contribution in [1.82, 2.24) is 19.9 Å². The van der Waals surface area contributed by atoms with Gasteiger partial charge in [-0.2, -0.15) is 0 Å². The molecule has 2 aromatic rings. The van der Waals surface area contributed by atoms with Gasteiger partial charge in [0.2, 0.25) is 0 Å². The number of thiazole rings is 1. The van der Waals surface area contributed by atoms with Gasteiger partial charge in [0.05, 0.1) is 11.3 Å². The van der Waals surface area contributed by atoms with Crippen LogP contribution in [0.3, 0.4) is 0 Å². The molecule has 2 unspecified atom stereocenters. The second-order valence-corrected chi connectivity index (χ2v) is 6.27. The van der Waals surface area contributed by atoms with E-state index in [1.807, 2.05) is 30.1 Å². The molecule has 2 aromatic heterocycles. The lowest BCUT2D eigenvalue weighted by molar-refractivity contribution is 0.391. The van der Waals surface area contributed by atoms with E-state index in [0.717, 1.165) is 13.0 Å². The monoisotopic (exact) mass is 276 g/mol. The molecule has 0 radical (unpaired) electrons. The number of nitrogens with one attached hydrogen (secondary N) is 1. The molecule has 0 spiro atoms. The molecule has 0 saturated heterocycles. The second-order valence-electron chi connectivity index (χ2n) is 5.07. The van der Waals surface area contributed by atoms with Crippen molar-refractivity contribution >= 4 is 11.3 Å². The standard InChI is InChI=1S/C14H20N4S/c1-2-14-17-9-11(19-14)8-16-12-4-3-5-13(12)18-7-6-15-10-18/h6-7,9-10,12-13,16H,2-5,8H2,1H3. The van der Waals surface area contributed by atoms with Crippen molar-refractivity contribution in [2.24, 2.45) is 0 Å². The van der Waals surface area contributed by atoms with Crippen LogP contribution >= 0.6 is 11.3 Å². The van der Waals surface area contributed by atoms with Crippen molar-refractivity contribution in [1.29, 1.82) is 0 Å². The van der Waals surface area contributed by atoms with Crippen LogP contribution in [0.25, 0.3) is 0 Å². The fraction of sp³-hybridized carbons (Fsp3) is 0.571. The minimum Gasteiger partial charge on any atom is -0.333 e. The summed E-state index contributed by atoms with van der Waals surface area (Å²) in [6.45, 7) is 3.09. The Labute approximate surface area is 117 Å². The number of hydrogen-bond acceptors (Lipinski definition) is 4. The first kappa shape index (κ1) is 12.8. The van der Waals surface area contributed by atoms with Crippen LogP contribution < -0.4 is 5.32 Å². The third-order valence-corrected chi connectivity index (χ3v) is 4.97. The lowest BCUT2D eigenvalue weighted by Crippen LogP contribution is -2.32. The number of aryl methyl sites for hydroxylation is 1. The Morgan fingerprint density at radius 3 is 3.16 bits per heavy atom. The zero-order chi connectivity index (χ0) is 13.1. The molecule has 1 aliphatic carbocycles. The van der Waals surface area contributed by atoms with Crippen LogP contribution in [0.1, 0.15) is 42.1 Å². The lowest BCUT2D eigenvalue weighted by atomic mass is 10.1. The Morgan fingerprint density at radius 1 is 1.47 bits per heavy atom. The summed E-state index contributed by atoms with van der Waals surface area (Å²) >= 11 is 1.82. The highest BCUT2D eigenvalue weighted by Gasteiger charge is 2.27. The summed E-state index contributed by atoms with van der Waals surface area (Å²) in [7, 11) is 0. The van der Waals surface area contributed by atoms with E-state index in [9.17, 15) is 0 Å². The Bertz CT molecular complexity index is 505. The van der Waals surface area contributed by atoms with Gasteiger partial charge in [-0.15, -0.1) is 11.3 Å². The fourth-order valence-corrected chi connectivity index (χ4v) is 3.64. The van der Waals surface area contributed by atoms with Gasteiger partial charge < -0.3 is 9.88 Å². The average molecular weight is 276 g/mol. The maximum Gasteiger partial charge on any atom is 0.0949 e. The zero-order valence-electron chi connectivity index (χ0n) is 11.2. The van der Waals surface area contributed by atoms with Gasteiger partial charge in [-0.3, -0.25) is 0 Å². The SMILES string of the molecule is CCc1ncc(CNC2CCCC2n2ccnc2)s1. The molecule has 19 heavy (non-hydrogen) atoms. The molecule has 0 bridgehead atoms. The third-order valence-electron chi connectivity index (χ3n) is 3.83. The van der Waals surface area contributed by atoms with Crippen molar-refractivity contribution in [3.05, 3.63) is 34.8 Å². The summed E-state index contributed by atoms with van der Waals surface area (Å²) < 4.78 is 2.24. The summed E-state index contributed by atoms with van der Waals surface area (Å²) in [6.07, 6.45) is 12.7. The Kier molecular flexibility index (Phi) is 3.94. The van der Waals surface area contributed by atoms with E-state index in [4.69, 9.17) is 0 Å². The number of hydrogen-bond donors (Lipinski definition) is 1. The molecule has 0 amide bonds. The van der Waals surface area contributed by atoms with E-state index in [2.05, 4.69) is 33.0 Å². The molecule has 3 rings (SSSR count). The van der Waals surface area contributed by atoms with E-state index in [1.165, 1.54) is 29.1 Å². The van der Waals surface area contributed by atoms with Crippen LogP contribution in [0.4, 0.5) is 0 Å². The van der Waals surface area contributed by atoms with Gasteiger partial charge in [-0.25, -0.2) is 9.97 Å². The predicted octanol–water partition coefficient (Wildman–Crippen LogP) is 2.79. The molecule has 1 saturated carbocycles. The van der Waals surface area contributed by atoms with Crippen molar-refractivity contribution in [2.75, 3.05) is 0 Å². The van der Waals surface area contributed by atoms with Crippen LogP contribution in [0.15, 0.2) is 24.9 Å². The van der Waals surface area contributed by atoms with Gasteiger partial charge in [0.1, 0.15) is 0 Å². The largest absolute Gasteiger partial charge is 0.333 e. The van der Waals surface area contributed by atoms with Crippen molar-refractivity contribution in [2.45, 2.75) is 51.2 Å². The third kappa shape index (κ3) is 2.87. The Hall–Kier alpha value is -1.20. The van der Waals surface area contributed by atoms with Crippen LogP contribution in [-0.4, -0.2) is 20.6 Å². The molecular formula is C14H20N4S. The predicted molar refractivity (Wildman–Crippen MR) is 77.2 cm³/mol. The Morgan fingerprint density at radius 2 is 2.42 bits per heavy atom. The first-order chi connectivity index (χ1) is 9.36. The minimum atomic E-state index is 0.557. The topological polar surface area (TPSA) is 42.7 Å². The molecule has 1 aliphatic rings. The quantitative estimate of drug-likeness (QED) is 0.913. The van der Waals surface area contributed by atoms with E-state index in [1.54, 1.807) is 0 Å². The maximum absolute atomic E-state index is 4.41. The molecule has 5 heteroatoms. The number of aromatic nitrogens is 3. The number of rotatable bonds is 5. The summed E-state index contributed by atoms with van der Waals surface area (Å²) in [5, 5.41) is 4.93. The van der Waals surface area contributed by atoms with E-state index >= 15 is 0 Å². The second kappa shape index (κ2) is 5.84. The lowest BCUT2D eigenvalue weighted by Gasteiger charge is -2.21. The van der Waals surface area contributed by atoms with Crippen LogP contribution in [0.2, 0.25) is 0 Å². The normalized spacial score (nSPS) is 23.0. The van der Waals surface area contributed by atoms with E-state index < -0.39 is 0 Å². The fourth-order valence-electron chi connectivity index (χ4n) is 2.83. The molecule has 1 fully saturated rings. The van der Waals surface area contributed by atoms with Crippen LogP contribution in [-0.2, 0) is 13.0 Å². The maximum atomic E-state index is 4.41. The average Bonchev–Trinajstić information content (AvgIpc) is 3.16. The molecular weight excluding hydrogens is 256 g/mol. The van der Waals surface area contributed by atoms with Gasteiger partial charge >= 0.3 is 0 Å². The number of nitrogens with zero attached hydrogens (tertiary/aromatic N) is 3. The molecule has 4 nitrogen and oxygen atoms in total. The highest BCUT2D eigenvalue weighted by Crippen LogP contribution is 2.30. The highest BCUT2D eigenvalue weighted by atomic mass is 32.1. The van der Waals surface area contributed by atoms with Crippen molar-refractivity contribution in [3.8, 4) is 0 Å². The Balaban J connectivity index is 1.60. The molecule has 2 heterocycles. The highest BCUT2D eigenvalue weighted by molar-refractivity contribution is 7.11. The molecule has 0 aliphatic heterocycles. The van der Waals surface area contributed by atoms with Gasteiger partial charge in [-0.1, -0.05) is 6.92 Å². The summed E-state index contributed by atoms with van der Waals surface area (Å²) in [4.78, 5) is 9.91. The number of imidazole rings is 1. The molecule has 0 aromatic carbocycles. The van der Waals surface area contributed by atoms with Gasteiger partial charge in [-0.05, 0) is 25.7 Å². The van der Waals surface area contributed by atoms with Crippen molar-refractivity contribution < 1.29 is 0 Å². The first-order valence-corrected chi connectivity index (χ1v) is 7.83. The van der Waals surface area contributed by atoms with Gasteiger partial charge in [0, 0.05) is 42.1 Å². The molecule has 1 N–H and O–H groups in total. The molecule has 2 atom stereocenters. The van der Waals surface area contributed by atoms with E-state index in [0.29, 0.717) is 12.1 Å². The van der Waals surface area contributed by atoms with Crippen LogP contribution in [0.5, 0.6) is 0 Å². The first-order valence-electron chi connectivity index (χ1n) is 7.01. The summed E-state index contributed by atoms with van der Waals surface area (Å²) in [5.74, 6) is 0. The van der Waals surface area contributed by atoms with Crippen LogP contribution in [0, 0.1) is 0 Å². The zero-order valence-corrected chi connectivity index (χ0v) is 12.1. The van der Waals surface area contributed by atoms with Gasteiger partial charge in [0.15, 0.2) is 0 Å².